The van der Waals surface area contributed by atoms with Crippen LogP contribution in [0, 0.1) is 0 Å². The van der Waals surface area contributed by atoms with Crippen molar-refractivity contribution in [3.63, 3.8) is 0 Å². The van der Waals surface area contributed by atoms with Crippen LogP contribution in [-0.4, -0.2) is 31.0 Å². The van der Waals surface area contributed by atoms with Crippen molar-refractivity contribution >= 4 is 28.7 Å². The van der Waals surface area contributed by atoms with E-state index in [4.69, 9.17) is 9.47 Å². The first-order valence-corrected chi connectivity index (χ1v) is 11.9. The molecule has 31 heavy (non-hydrogen) atoms. The summed E-state index contributed by atoms with van der Waals surface area (Å²) in [7, 11) is 1.63. The Morgan fingerprint density at radius 3 is 2.74 bits per heavy atom. The number of aryl methyl sites for hydroxylation is 1. The lowest BCUT2D eigenvalue weighted by atomic mass is 10.0. The first-order valence-electron chi connectivity index (χ1n) is 11.1. The van der Waals surface area contributed by atoms with E-state index in [0.29, 0.717) is 5.76 Å². The van der Waals surface area contributed by atoms with Gasteiger partial charge in [-0.15, -0.1) is 11.3 Å². The summed E-state index contributed by atoms with van der Waals surface area (Å²) in [4.78, 5) is 16.5. The highest BCUT2D eigenvalue weighted by atomic mass is 32.1. The third kappa shape index (κ3) is 6.19. The van der Waals surface area contributed by atoms with E-state index >= 15 is 0 Å². The Bertz CT molecular complexity index is 861. The molecule has 0 aliphatic carbocycles. The lowest BCUT2D eigenvalue weighted by molar-refractivity contribution is -0.117. The molecule has 2 heterocycles. The lowest BCUT2D eigenvalue weighted by Gasteiger charge is -2.24. The largest absolute Gasteiger partial charge is 0.496 e. The van der Waals surface area contributed by atoms with E-state index in [2.05, 4.69) is 19.6 Å². The topological polar surface area (TPSA) is 59.0 Å². The monoisotopic (exact) mass is 443 g/mol. The normalized spacial score (nSPS) is 17.2. The number of hydrogen-bond donors (Lipinski definition) is 1. The molecule has 2 aromatic rings. The third-order valence-corrected chi connectivity index (χ3v) is 6.84. The number of unbranched alkanes of at least 4 members (excludes halogenated alkanes) is 2. The molecule has 2 atom stereocenters. The van der Waals surface area contributed by atoms with Gasteiger partial charge in [-0.1, -0.05) is 44.9 Å². The van der Waals surface area contributed by atoms with Crippen molar-refractivity contribution in [2.45, 2.75) is 64.2 Å². The van der Waals surface area contributed by atoms with Crippen LogP contribution in [0.3, 0.4) is 0 Å². The second kappa shape index (κ2) is 11.5. The maximum atomic E-state index is 12.5. The van der Waals surface area contributed by atoms with Crippen molar-refractivity contribution in [3.05, 3.63) is 58.3 Å². The minimum absolute atomic E-state index is 0.0175. The maximum Gasteiger partial charge on any atom is 0.255 e. The Morgan fingerprint density at radius 2 is 2.03 bits per heavy atom. The molecular weight excluding hydrogens is 410 g/mol. The molecule has 168 valence electrons. The van der Waals surface area contributed by atoms with E-state index < -0.39 is 6.10 Å². The number of anilines is 1. The molecule has 1 aliphatic rings. The van der Waals surface area contributed by atoms with Crippen LogP contribution in [0.4, 0.5) is 5.69 Å². The summed E-state index contributed by atoms with van der Waals surface area (Å²) in [5, 5.41) is 10.4. The molecule has 1 fully saturated rings. The van der Waals surface area contributed by atoms with Gasteiger partial charge in [-0.2, -0.15) is 0 Å². The second-order valence-electron chi connectivity index (χ2n) is 7.92. The summed E-state index contributed by atoms with van der Waals surface area (Å²) in [5.41, 5.74) is 1.72. The number of methoxy groups -OCH3 is 1. The highest BCUT2D eigenvalue weighted by molar-refractivity contribution is 7.13. The second-order valence-corrected chi connectivity index (χ2v) is 9.09. The number of carbonyl (C=O) groups excluding carboxylic acids is 1. The maximum absolute atomic E-state index is 12.5. The van der Waals surface area contributed by atoms with Gasteiger partial charge in [0.15, 0.2) is 0 Å². The summed E-state index contributed by atoms with van der Waals surface area (Å²) < 4.78 is 11.0. The number of benzene rings is 1. The van der Waals surface area contributed by atoms with Crippen molar-refractivity contribution in [2.75, 3.05) is 18.6 Å². The average molecular weight is 444 g/mol. The number of aliphatic hydroxyl groups excluding tert-OH is 1. The number of ether oxygens (including phenoxy) is 2. The van der Waals surface area contributed by atoms with Crippen molar-refractivity contribution in [3.8, 4) is 0 Å². The molecule has 1 aromatic heterocycles. The number of amides is 1. The van der Waals surface area contributed by atoms with Crippen LogP contribution in [-0.2, 0) is 20.7 Å². The minimum Gasteiger partial charge on any atom is -0.496 e. The van der Waals surface area contributed by atoms with Crippen LogP contribution in [0.15, 0.2) is 43.0 Å². The van der Waals surface area contributed by atoms with Gasteiger partial charge in [0.05, 0.1) is 18.1 Å². The zero-order valence-electron chi connectivity index (χ0n) is 18.5. The summed E-state index contributed by atoms with van der Waals surface area (Å²) in [6.07, 6.45) is 5.97. The molecule has 1 unspecified atom stereocenters. The van der Waals surface area contributed by atoms with Gasteiger partial charge in [0.25, 0.3) is 5.91 Å². The van der Waals surface area contributed by atoms with Gasteiger partial charge < -0.3 is 14.6 Å². The van der Waals surface area contributed by atoms with Gasteiger partial charge in [0.1, 0.15) is 18.6 Å². The fourth-order valence-electron chi connectivity index (χ4n) is 3.82. The van der Waals surface area contributed by atoms with Crippen molar-refractivity contribution in [1.29, 1.82) is 0 Å². The predicted octanol–water partition coefficient (Wildman–Crippen LogP) is 5.69. The van der Waals surface area contributed by atoms with Gasteiger partial charge in [0, 0.05) is 10.6 Å². The summed E-state index contributed by atoms with van der Waals surface area (Å²) in [6.45, 7) is 6.17. The Hall–Kier alpha value is -2.15. The fraction of sp³-hybridized carbons (Fsp3) is 0.480. The molecule has 0 bridgehead atoms. The van der Waals surface area contributed by atoms with Crippen LogP contribution in [0.25, 0.3) is 5.76 Å². The van der Waals surface area contributed by atoms with Crippen molar-refractivity contribution in [1.82, 2.24) is 0 Å². The lowest BCUT2D eigenvalue weighted by Crippen LogP contribution is -2.33. The number of aliphatic hydroxyl groups is 1. The minimum atomic E-state index is -0.452. The molecule has 6 heteroatoms. The molecule has 1 aliphatic heterocycles. The Kier molecular flexibility index (Phi) is 8.69. The average Bonchev–Trinajstić information content (AvgIpc) is 3.40. The Labute approximate surface area is 189 Å². The molecule has 1 amide bonds. The van der Waals surface area contributed by atoms with Gasteiger partial charge >= 0.3 is 0 Å². The predicted molar refractivity (Wildman–Crippen MR) is 126 cm³/mol. The third-order valence-electron chi connectivity index (χ3n) is 5.65. The summed E-state index contributed by atoms with van der Waals surface area (Å²) >= 11 is 1.69. The molecule has 0 spiro atoms. The van der Waals surface area contributed by atoms with E-state index in [0.717, 1.165) is 61.1 Å². The molecule has 1 N–H and O–H groups in total. The first-order chi connectivity index (χ1) is 15.0. The standard InChI is InChI=1S/C25H33NO4S/c1-4-5-6-9-22(27)19-11-13-20(14-12-19)26-24(28)17-30-25(26)10-7-8-21-15-16-23(31-21)18(2)29-3/h11-16,22,25,27H,2,4-10,17H2,1,3H3/t22-,25?/m0/s1. The molecule has 3 rings (SSSR count). The number of hydrogen-bond acceptors (Lipinski definition) is 5. The molecule has 1 saturated heterocycles. The van der Waals surface area contributed by atoms with Crippen LogP contribution < -0.4 is 4.90 Å². The van der Waals surface area contributed by atoms with Gasteiger partial charge in [-0.05, 0) is 55.5 Å². The summed E-state index contributed by atoms with van der Waals surface area (Å²) in [5.74, 6) is 0.669. The molecule has 1 aromatic carbocycles. The van der Waals surface area contributed by atoms with E-state index in [-0.39, 0.29) is 18.7 Å². The number of carbonyl (C=O) groups is 1. The number of nitrogens with zero attached hydrogens (tertiary/aromatic N) is 1. The van der Waals surface area contributed by atoms with Crippen LogP contribution in [0.1, 0.15) is 66.9 Å². The Balaban J connectivity index is 1.55. The van der Waals surface area contributed by atoms with E-state index in [1.54, 1.807) is 23.3 Å². The smallest absolute Gasteiger partial charge is 0.255 e. The van der Waals surface area contributed by atoms with Gasteiger partial charge in [-0.25, -0.2) is 0 Å². The number of rotatable bonds is 12. The molecule has 5 nitrogen and oxygen atoms in total. The van der Waals surface area contributed by atoms with Crippen LogP contribution >= 0.6 is 11.3 Å². The van der Waals surface area contributed by atoms with E-state index in [1.165, 1.54) is 4.88 Å². The highest BCUT2D eigenvalue weighted by Gasteiger charge is 2.32. The van der Waals surface area contributed by atoms with E-state index in [9.17, 15) is 9.90 Å². The number of thiophene rings is 1. The van der Waals surface area contributed by atoms with Gasteiger partial charge in [0.2, 0.25) is 0 Å². The quantitative estimate of drug-likeness (QED) is 0.338. The molecule has 0 radical (unpaired) electrons. The van der Waals surface area contributed by atoms with Crippen molar-refractivity contribution < 1.29 is 19.4 Å². The zero-order valence-corrected chi connectivity index (χ0v) is 19.3. The summed E-state index contributed by atoms with van der Waals surface area (Å²) in [6, 6.07) is 11.8. The fourth-order valence-corrected chi connectivity index (χ4v) is 4.82. The highest BCUT2D eigenvalue weighted by Crippen LogP contribution is 2.29. The molecular formula is C25H33NO4S. The van der Waals surface area contributed by atoms with Crippen LogP contribution in [0.5, 0.6) is 0 Å². The Morgan fingerprint density at radius 1 is 1.26 bits per heavy atom. The zero-order chi connectivity index (χ0) is 22.2. The van der Waals surface area contributed by atoms with E-state index in [1.807, 2.05) is 30.3 Å². The SMILES string of the molecule is C=C(OC)c1ccc(CCCC2OCC(=O)N2c2ccc([C@@H](O)CCCCC)cc2)s1. The van der Waals surface area contributed by atoms with Crippen LogP contribution in [0.2, 0.25) is 0 Å². The van der Waals surface area contributed by atoms with Crippen molar-refractivity contribution in [2.24, 2.45) is 0 Å². The molecule has 0 saturated carbocycles. The van der Waals surface area contributed by atoms with Gasteiger partial charge in [-0.3, -0.25) is 9.69 Å². The first kappa shape index (κ1) is 23.5.